The first kappa shape index (κ1) is 14.6. The second-order valence-corrected chi connectivity index (χ2v) is 6.08. The Bertz CT molecular complexity index is 580. The van der Waals surface area contributed by atoms with Gasteiger partial charge in [0, 0.05) is 21.9 Å². The van der Waals surface area contributed by atoms with Gasteiger partial charge in [-0.25, -0.2) is 0 Å². The Morgan fingerprint density at radius 2 is 1.95 bits per heavy atom. The van der Waals surface area contributed by atoms with E-state index in [1.807, 2.05) is 11.4 Å². The largest absolute Gasteiger partial charge is 0.366 e. The van der Waals surface area contributed by atoms with E-state index >= 15 is 0 Å². The van der Waals surface area contributed by atoms with Gasteiger partial charge in [-0.15, -0.1) is 23.1 Å². The Morgan fingerprint density at radius 1 is 1.20 bits per heavy atom. The Labute approximate surface area is 125 Å². The fourth-order valence-corrected chi connectivity index (χ4v) is 3.22. The summed E-state index contributed by atoms with van der Waals surface area (Å²) < 4.78 is 0. The summed E-state index contributed by atoms with van der Waals surface area (Å²) in [5.41, 5.74) is 6.24. The molecule has 0 atom stereocenters. The molecule has 1 aromatic carbocycles. The van der Waals surface area contributed by atoms with Gasteiger partial charge in [-0.1, -0.05) is 6.07 Å². The van der Waals surface area contributed by atoms with Crippen molar-refractivity contribution in [3.05, 3.63) is 52.2 Å². The van der Waals surface area contributed by atoms with E-state index in [-0.39, 0.29) is 5.91 Å². The van der Waals surface area contributed by atoms with Crippen molar-refractivity contribution in [2.75, 3.05) is 11.1 Å². The maximum atomic E-state index is 11.7. The smallest absolute Gasteiger partial charge is 0.248 e. The first-order valence-corrected chi connectivity index (χ1v) is 7.98. The summed E-state index contributed by atoms with van der Waals surface area (Å²) in [7, 11) is 0. The molecule has 6 heteroatoms. The number of carbonyl (C=O) groups is 2. The third-order valence-electron chi connectivity index (χ3n) is 2.51. The maximum absolute atomic E-state index is 11.7. The van der Waals surface area contributed by atoms with E-state index in [2.05, 4.69) is 11.4 Å². The van der Waals surface area contributed by atoms with Crippen LogP contribution in [-0.4, -0.2) is 17.6 Å². The molecule has 0 radical (unpaired) electrons. The lowest BCUT2D eigenvalue weighted by Gasteiger charge is -2.05. The number of primary amides is 1. The van der Waals surface area contributed by atoms with Gasteiger partial charge in [0.1, 0.15) is 0 Å². The van der Waals surface area contributed by atoms with Gasteiger partial charge >= 0.3 is 0 Å². The van der Waals surface area contributed by atoms with Crippen molar-refractivity contribution in [2.24, 2.45) is 5.73 Å². The van der Waals surface area contributed by atoms with E-state index in [9.17, 15) is 9.59 Å². The van der Waals surface area contributed by atoms with Gasteiger partial charge in [-0.2, -0.15) is 0 Å². The minimum atomic E-state index is -0.477. The molecule has 0 aliphatic rings. The zero-order valence-corrected chi connectivity index (χ0v) is 12.3. The van der Waals surface area contributed by atoms with Gasteiger partial charge in [-0.3, -0.25) is 9.59 Å². The van der Waals surface area contributed by atoms with E-state index in [4.69, 9.17) is 5.73 Å². The molecule has 0 saturated carbocycles. The van der Waals surface area contributed by atoms with Gasteiger partial charge in [0.15, 0.2) is 0 Å². The van der Waals surface area contributed by atoms with Gasteiger partial charge in [0.05, 0.1) is 5.75 Å². The van der Waals surface area contributed by atoms with Gasteiger partial charge in [-0.05, 0) is 35.7 Å². The van der Waals surface area contributed by atoms with E-state index in [1.165, 1.54) is 4.88 Å². The summed E-state index contributed by atoms with van der Waals surface area (Å²) in [5.74, 6) is 0.703. The lowest BCUT2D eigenvalue weighted by atomic mass is 10.2. The molecule has 0 spiro atoms. The zero-order chi connectivity index (χ0) is 14.4. The number of hydrogen-bond donors (Lipinski definition) is 2. The fraction of sp³-hybridized carbons (Fsp3) is 0.143. The number of hydrogen-bond acceptors (Lipinski definition) is 4. The highest BCUT2D eigenvalue weighted by Crippen LogP contribution is 2.17. The van der Waals surface area contributed by atoms with Crippen LogP contribution in [0, 0.1) is 0 Å². The van der Waals surface area contributed by atoms with E-state index in [0.717, 1.165) is 5.75 Å². The molecule has 2 aromatic rings. The van der Waals surface area contributed by atoms with Crippen LogP contribution in [-0.2, 0) is 10.5 Å². The van der Waals surface area contributed by atoms with Crippen molar-refractivity contribution >= 4 is 40.6 Å². The number of thiophene rings is 1. The Balaban J connectivity index is 1.77. The highest BCUT2D eigenvalue weighted by atomic mass is 32.2. The highest BCUT2D eigenvalue weighted by molar-refractivity contribution is 7.99. The molecule has 2 amide bonds. The molecule has 1 aromatic heterocycles. The molecule has 3 N–H and O–H groups in total. The normalized spacial score (nSPS) is 10.2. The van der Waals surface area contributed by atoms with E-state index < -0.39 is 5.91 Å². The summed E-state index contributed by atoms with van der Waals surface area (Å²) >= 11 is 3.26. The Kier molecular flexibility index (Phi) is 5.20. The number of rotatable bonds is 6. The molecule has 0 fully saturated rings. The number of benzene rings is 1. The summed E-state index contributed by atoms with van der Waals surface area (Å²) in [6, 6.07) is 10.6. The molecular weight excluding hydrogens is 292 g/mol. The van der Waals surface area contributed by atoms with Crippen molar-refractivity contribution in [1.29, 1.82) is 0 Å². The van der Waals surface area contributed by atoms with E-state index in [1.54, 1.807) is 47.4 Å². The minimum absolute atomic E-state index is 0.0571. The lowest BCUT2D eigenvalue weighted by Crippen LogP contribution is -2.15. The van der Waals surface area contributed by atoms with Crippen molar-refractivity contribution in [1.82, 2.24) is 0 Å². The summed E-state index contributed by atoms with van der Waals surface area (Å²) in [6.45, 7) is 0. The third-order valence-corrected chi connectivity index (χ3v) is 4.55. The predicted molar refractivity (Wildman–Crippen MR) is 84.1 cm³/mol. The molecule has 0 aliphatic carbocycles. The third kappa shape index (κ3) is 4.40. The van der Waals surface area contributed by atoms with Crippen LogP contribution in [0.1, 0.15) is 15.2 Å². The summed E-state index contributed by atoms with van der Waals surface area (Å²) in [4.78, 5) is 23.9. The monoisotopic (exact) mass is 306 g/mol. The van der Waals surface area contributed by atoms with Crippen LogP contribution in [0.3, 0.4) is 0 Å². The number of nitrogens with two attached hydrogens (primary N) is 1. The SMILES string of the molecule is NC(=O)c1ccc(NC(=O)CSCc2cccs2)cc1. The van der Waals surface area contributed by atoms with Crippen molar-refractivity contribution < 1.29 is 9.59 Å². The Morgan fingerprint density at radius 3 is 2.55 bits per heavy atom. The first-order chi connectivity index (χ1) is 9.65. The van der Waals surface area contributed by atoms with Crippen LogP contribution >= 0.6 is 23.1 Å². The highest BCUT2D eigenvalue weighted by Gasteiger charge is 2.04. The standard InChI is InChI=1S/C14H14N2O2S2/c15-14(18)10-3-5-11(6-4-10)16-13(17)9-19-8-12-2-1-7-20-12/h1-7H,8-9H2,(H2,15,18)(H,16,17). The molecule has 4 nitrogen and oxygen atoms in total. The lowest BCUT2D eigenvalue weighted by molar-refractivity contribution is -0.113. The van der Waals surface area contributed by atoms with Crippen molar-refractivity contribution in [2.45, 2.75) is 5.75 Å². The second kappa shape index (κ2) is 7.12. The average Bonchev–Trinajstić information content (AvgIpc) is 2.92. The van der Waals surface area contributed by atoms with Crippen LogP contribution in [0.4, 0.5) is 5.69 Å². The topological polar surface area (TPSA) is 72.2 Å². The average molecular weight is 306 g/mol. The van der Waals surface area contributed by atoms with Crippen LogP contribution < -0.4 is 11.1 Å². The first-order valence-electron chi connectivity index (χ1n) is 5.95. The van der Waals surface area contributed by atoms with E-state index in [0.29, 0.717) is 17.0 Å². The van der Waals surface area contributed by atoms with Crippen LogP contribution in [0.2, 0.25) is 0 Å². The number of thioether (sulfide) groups is 1. The number of nitrogens with one attached hydrogen (secondary N) is 1. The minimum Gasteiger partial charge on any atom is -0.366 e. The molecule has 0 unspecified atom stereocenters. The molecule has 20 heavy (non-hydrogen) atoms. The molecule has 104 valence electrons. The number of carbonyl (C=O) groups excluding carboxylic acids is 2. The van der Waals surface area contributed by atoms with Crippen LogP contribution in [0.5, 0.6) is 0 Å². The van der Waals surface area contributed by atoms with Gasteiger partial charge in [0.25, 0.3) is 0 Å². The number of anilines is 1. The zero-order valence-electron chi connectivity index (χ0n) is 10.7. The molecule has 0 bridgehead atoms. The molecule has 2 rings (SSSR count). The van der Waals surface area contributed by atoms with Crippen LogP contribution in [0.15, 0.2) is 41.8 Å². The summed E-state index contributed by atoms with van der Waals surface area (Å²) in [6.07, 6.45) is 0. The predicted octanol–water partition coefficient (Wildman–Crippen LogP) is 2.72. The molecular formula is C14H14N2O2S2. The second-order valence-electron chi connectivity index (χ2n) is 4.06. The maximum Gasteiger partial charge on any atom is 0.248 e. The molecule has 0 aliphatic heterocycles. The Hall–Kier alpha value is -1.79. The summed E-state index contributed by atoms with van der Waals surface area (Å²) in [5, 5.41) is 4.80. The number of amides is 2. The van der Waals surface area contributed by atoms with Gasteiger partial charge < -0.3 is 11.1 Å². The van der Waals surface area contributed by atoms with Crippen LogP contribution in [0.25, 0.3) is 0 Å². The van der Waals surface area contributed by atoms with Crippen molar-refractivity contribution in [3.63, 3.8) is 0 Å². The molecule has 1 heterocycles. The quantitative estimate of drug-likeness (QED) is 0.862. The molecule has 0 saturated heterocycles. The fourth-order valence-electron chi connectivity index (χ4n) is 1.55. The van der Waals surface area contributed by atoms with Crippen molar-refractivity contribution in [3.8, 4) is 0 Å². The van der Waals surface area contributed by atoms with Gasteiger partial charge in [0.2, 0.25) is 11.8 Å².